The van der Waals surface area contributed by atoms with Gasteiger partial charge in [-0.2, -0.15) is 23.9 Å². The van der Waals surface area contributed by atoms with Gasteiger partial charge in [0.15, 0.2) is 0 Å². The van der Waals surface area contributed by atoms with E-state index in [1.54, 1.807) is 42.5 Å². The Hall–Kier alpha value is -4.38. The standard InChI is InChI=1S/C22H14ClN7O2S/c23-19-12-17(8-7-16(19)13-25)27-22-28-21(26)30(29-22)33(31,32)20-5-1-4-15-11-14(3-2-10-24)6-9-18(15)20/h1-9,11-12H,(H3,26,27,28,29). The third kappa shape index (κ3) is 4.21. The van der Waals surface area contributed by atoms with Crippen molar-refractivity contribution in [2.45, 2.75) is 4.90 Å². The molecule has 0 aliphatic rings. The van der Waals surface area contributed by atoms with Gasteiger partial charge in [0.25, 0.3) is 10.0 Å². The van der Waals surface area contributed by atoms with Crippen LogP contribution in [0, 0.1) is 22.7 Å². The van der Waals surface area contributed by atoms with E-state index in [2.05, 4.69) is 15.4 Å². The molecule has 0 atom stereocenters. The minimum absolute atomic E-state index is 0.000352. The van der Waals surface area contributed by atoms with Crippen LogP contribution in [0.15, 0.2) is 65.6 Å². The molecule has 1 aromatic heterocycles. The zero-order valence-electron chi connectivity index (χ0n) is 16.8. The van der Waals surface area contributed by atoms with Gasteiger partial charge in [0, 0.05) is 17.1 Å². The molecule has 0 fully saturated rings. The van der Waals surface area contributed by atoms with E-state index in [1.165, 1.54) is 24.3 Å². The number of allylic oxidation sites excluding steroid dienone is 1. The van der Waals surface area contributed by atoms with Gasteiger partial charge < -0.3 is 11.1 Å². The summed E-state index contributed by atoms with van der Waals surface area (Å²) in [6.45, 7) is 0. The number of hydrogen-bond acceptors (Lipinski definition) is 8. The number of hydrogen-bond donors (Lipinski definition) is 2. The fraction of sp³-hybridized carbons (Fsp3) is 0. The molecule has 0 spiro atoms. The molecule has 33 heavy (non-hydrogen) atoms. The zero-order valence-corrected chi connectivity index (χ0v) is 18.3. The maximum Gasteiger partial charge on any atom is 0.286 e. The highest BCUT2D eigenvalue weighted by molar-refractivity contribution is 7.90. The molecule has 0 aliphatic heterocycles. The SMILES string of the molecule is N#CC=Cc1ccc2c(S(=O)(=O)n3nc(Nc4ccc(C#N)c(Cl)c4)nc3N)cccc2c1. The first-order valence-corrected chi connectivity index (χ1v) is 11.2. The number of nitrogens with zero attached hydrogens (tertiary/aromatic N) is 5. The Labute approximate surface area is 194 Å². The van der Waals surface area contributed by atoms with Crippen molar-refractivity contribution < 1.29 is 8.42 Å². The summed E-state index contributed by atoms with van der Waals surface area (Å²) in [4.78, 5) is 3.99. The minimum atomic E-state index is -4.18. The van der Waals surface area contributed by atoms with E-state index in [0.717, 1.165) is 5.56 Å². The van der Waals surface area contributed by atoms with Gasteiger partial charge in [0.1, 0.15) is 6.07 Å². The van der Waals surface area contributed by atoms with E-state index >= 15 is 0 Å². The first-order chi connectivity index (χ1) is 15.8. The van der Waals surface area contributed by atoms with Gasteiger partial charge in [-0.1, -0.05) is 35.9 Å². The number of rotatable bonds is 5. The lowest BCUT2D eigenvalue weighted by molar-refractivity contribution is 0.582. The maximum absolute atomic E-state index is 13.4. The predicted octanol–water partition coefficient (Wildman–Crippen LogP) is 4.06. The highest BCUT2D eigenvalue weighted by atomic mass is 35.5. The van der Waals surface area contributed by atoms with Crippen molar-refractivity contribution in [3.05, 3.63) is 76.8 Å². The average molecular weight is 476 g/mol. The summed E-state index contributed by atoms with van der Waals surface area (Å²) >= 11 is 6.03. The monoisotopic (exact) mass is 475 g/mol. The molecular weight excluding hydrogens is 462 g/mol. The lowest BCUT2D eigenvalue weighted by Crippen LogP contribution is -2.17. The number of nitrogen functional groups attached to an aromatic ring is 1. The van der Waals surface area contributed by atoms with Gasteiger partial charge in [-0.05, 0) is 47.4 Å². The second-order valence-electron chi connectivity index (χ2n) is 6.77. The van der Waals surface area contributed by atoms with Crippen LogP contribution in [0.2, 0.25) is 5.02 Å². The van der Waals surface area contributed by atoms with Crippen LogP contribution >= 0.6 is 11.6 Å². The quantitative estimate of drug-likeness (QED) is 0.410. The highest BCUT2D eigenvalue weighted by Crippen LogP contribution is 2.28. The number of nitriles is 2. The second kappa shape index (κ2) is 8.63. The van der Waals surface area contributed by atoms with E-state index in [0.29, 0.717) is 26.1 Å². The van der Waals surface area contributed by atoms with Crippen LogP contribution in [0.3, 0.4) is 0 Å². The topological polar surface area (TPSA) is 150 Å². The maximum atomic E-state index is 13.4. The fourth-order valence-corrected chi connectivity index (χ4v) is 4.78. The van der Waals surface area contributed by atoms with Crippen molar-refractivity contribution in [1.82, 2.24) is 14.2 Å². The van der Waals surface area contributed by atoms with E-state index in [-0.39, 0.29) is 21.8 Å². The summed E-state index contributed by atoms with van der Waals surface area (Å²) < 4.78 is 27.4. The Morgan fingerprint density at radius 2 is 1.94 bits per heavy atom. The molecule has 4 aromatic rings. The van der Waals surface area contributed by atoms with Crippen molar-refractivity contribution in [2.75, 3.05) is 11.1 Å². The molecule has 1 heterocycles. The number of anilines is 3. The number of halogens is 1. The lowest BCUT2D eigenvalue weighted by atomic mass is 10.1. The minimum Gasteiger partial charge on any atom is -0.367 e. The summed E-state index contributed by atoms with van der Waals surface area (Å²) in [7, 11) is -4.18. The van der Waals surface area contributed by atoms with Gasteiger partial charge in [-0.3, -0.25) is 0 Å². The Morgan fingerprint density at radius 3 is 2.67 bits per heavy atom. The summed E-state index contributed by atoms with van der Waals surface area (Å²) in [5, 5.41) is 25.9. The fourth-order valence-electron chi connectivity index (χ4n) is 3.18. The Kier molecular flexibility index (Phi) is 5.71. The van der Waals surface area contributed by atoms with Crippen LogP contribution in [-0.2, 0) is 10.0 Å². The third-order valence-corrected chi connectivity index (χ3v) is 6.62. The molecule has 4 rings (SSSR count). The van der Waals surface area contributed by atoms with Gasteiger partial charge in [0.05, 0.1) is 21.6 Å². The first-order valence-electron chi connectivity index (χ1n) is 9.37. The molecule has 0 amide bonds. The number of nitrogens with one attached hydrogen (secondary N) is 1. The lowest BCUT2D eigenvalue weighted by Gasteiger charge is -2.09. The zero-order chi connectivity index (χ0) is 23.6. The van der Waals surface area contributed by atoms with Crippen LogP contribution in [-0.4, -0.2) is 22.6 Å². The second-order valence-corrected chi connectivity index (χ2v) is 8.92. The number of fused-ring (bicyclic) bond motifs is 1. The van der Waals surface area contributed by atoms with Gasteiger partial charge >= 0.3 is 0 Å². The van der Waals surface area contributed by atoms with Gasteiger partial charge in [-0.25, -0.2) is 0 Å². The summed E-state index contributed by atoms with van der Waals surface area (Å²) in [6.07, 6.45) is 2.97. The summed E-state index contributed by atoms with van der Waals surface area (Å²) in [5.41, 5.74) is 7.39. The predicted molar refractivity (Wildman–Crippen MR) is 125 cm³/mol. The van der Waals surface area contributed by atoms with E-state index in [1.807, 2.05) is 12.1 Å². The van der Waals surface area contributed by atoms with E-state index in [9.17, 15) is 8.42 Å². The molecule has 0 aliphatic carbocycles. The average Bonchev–Trinajstić information content (AvgIpc) is 3.17. The molecule has 3 N–H and O–H groups in total. The molecule has 11 heteroatoms. The summed E-state index contributed by atoms with van der Waals surface area (Å²) in [6, 6.07) is 18.4. The number of aromatic nitrogens is 3. The Balaban J connectivity index is 1.72. The first kappa shape index (κ1) is 21.8. The Morgan fingerprint density at radius 1 is 1.12 bits per heavy atom. The van der Waals surface area contributed by atoms with Crippen LogP contribution in [0.1, 0.15) is 11.1 Å². The molecule has 0 unspecified atom stereocenters. The van der Waals surface area contributed by atoms with Crippen molar-refractivity contribution >= 4 is 56.1 Å². The molecule has 0 bridgehead atoms. The molecular formula is C22H14ClN7O2S. The molecule has 162 valence electrons. The van der Waals surface area contributed by atoms with Crippen LogP contribution in [0.5, 0.6) is 0 Å². The molecule has 0 saturated heterocycles. The van der Waals surface area contributed by atoms with Gasteiger partial charge in [0.2, 0.25) is 11.9 Å². The van der Waals surface area contributed by atoms with Crippen molar-refractivity contribution in [3.63, 3.8) is 0 Å². The highest BCUT2D eigenvalue weighted by Gasteiger charge is 2.25. The van der Waals surface area contributed by atoms with Crippen LogP contribution < -0.4 is 11.1 Å². The number of benzene rings is 3. The van der Waals surface area contributed by atoms with E-state index in [4.69, 9.17) is 27.9 Å². The number of nitrogens with two attached hydrogens (primary N) is 1. The largest absolute Gasteiger partial charge is 0.367 e. The Bertz CT molecular complexity index is 1610. The summed E-state index contributed by atoms with van der Waals surface area (Å²) in [5.74, 6) is -0.385. The van der Waals surface area contributed by atoms with E-state index < -0.39 is 10.0 Å². The van der Waals surface area contributed by atoms with Crippen molar-refractivity contribution in [3.8, 4) is 12.1 Å². The van der Waals surface area contributed by atoms with Crippen molar-refractivity contribution in [1.29, 1.82) is 10.5 Å². The molecule has 3 aromatic carbocycles. The molecule has 9 nitrogen and oxygen atoms in total. The molecule has 0 saturated carbocycles. The third-order valence-electron chi connectivity index (χ3n) is 4.67. The van der Waals surface area contributed by atoms with Crippen LogP contribution in [0.25, 0.3) is 16.8 Å². The smallest absolute Gasteiger partial charge is 0.286 e. The van der Waals surface area contributed by atoms with Crippen LogP contribution in [0.4, 0.5) is 17.6 Å². The molecule has 0 radical (unpaired) electrons. The normalized spacial score (nSPS) is 11.4. The van der Waals surface area contributed by atoms with Gasteiger partial charge in [-0.15, -0.1) is 9.19 Å². The van der Waals surface area contributed by atoms with Crippen molar-refractivity contribution in [2.24, 2.45) is 0 Å².